The molecule has 0 amide bonds. The number of hydrogen-bond donors (Lipinski definition) is 0. The monoisotopic (exact) mass is 189 g/mol. The third kappa shape index (κ3) is 1.87. The van der Waals surface area contributed by atoms with Gasteiger partial charge in [0, 0.05) is 25.1 Å². The molecule has 0 atom stereocenters. The molecule has 0 aromatic carbocycles. The highest BCUT2D eigenvalue weighted by Crippen LogP contribution is 2.07. The lowest BCUT2D eigenvalue weighted by atomic mass is 10.2. The summed E-state index contributed by atoms with van der Waals surface area (Å²) in [6.07, 6.45) is 8.01. The average molecular weight is 189 g/mol. The topological polar surface area (TPSA) is 22.8 Å². The largest absolute Gasteiger partial charge is 0.321 e. The minimum Gasteiger partial charge on any atom is -0.321 e. The van der Waals surface area contributed by atoms with Gasteiger partial charge in [0.1, 0.15) is 0 Å². The van der Waals surface area contributed by atoms with Crippen LogP contribution in [0.4, 0.5) is 0 Å². The smallest absolute Gasteiger partial charge is 0.0833 e. The van der Waals surface area contributed by atoms with E-state index in [4.69, 9.17) is 0 Å². The van der Waals surface area contributed by atoms with Crippen molar-refractivity contribution in [3.63, 3.8) is 0 Å². The van der Waals surface area contributed by atoms with Crippen molar-refractivity contribution < 1.29 is 0 Å². The Labute approximate surface area is 84.0 Å². The summed E-state index contributed by atoms with van der Waals surface area (Å²) < 4.78 is 4.05. The maximum atomic E-state index is 4.31. The van der Waals surface area contributed by atoms with Crippen LogP contribution in [0.15, 0.2) is 36.9 Å². The Kier molecular flexibility index (Phi) is 2.39. The lowest BCUT2D eigenvalue weighted by Gasteiger charge is -2.03. The first-order valence-electron chi connectivity index (χ1n) is 4.91. The molecule has 14 heavy (non-hydrogen) atoms. The average Bonchev–Trinajstić information content (AvgIpc) is 2.69. The van der Waals surface area contributed by atoms with Gasteiger partial charge in [0.2, 0.25) is 0 Å². The highest BCUT2D eigenvalue weighted by atomic mass is 15.3. The molecular weight excluding hydrogens is 174 g/mol. The second kappa shape index (κ2) is 3.70. The molecule has 0 spiro atoms. The molecule has 0 aliphatic carbocycles. The summed E-state index contributed by atoms with van der Waals surface area (Å²) in [5.74, 6) is 0.632. The summed E-state index contributed by atoms with van der Waals surface area (Å²) in [4.78, 5) is 0. The minimum atomic E-state index is 0.632. The highest BCUT2D eigenvalue weighted by molar-refractivity contribution is 5.26. The molecule has 2 aromatic heterocycles. The van der Waals surface area contributed by atoms with Gasteiger partial charge in [-0.2, -0.15) is 5.10 Å². The van der Waals surface area contributed by atoms with Gasteiger partial charge in [-0.3, -0.25) is 4.68 Å². The summed E-state index contributed by atoms with van der Waals surface area (Å²) in [6.45, 7) is 5.36. The van der Waals surface area contributed by atoms with Crippen molar-refractivity contribution in [3.8, 4) is 5.69 Å². The van der Waals surface area contributed by atoms with Gasteiger partial charge in [-0.25, -0.2) is 0 Å². The van der Waals surface area contributed by atoms with Gasteiger partial charge in [-0.05, 0) is 18.1 Å². The third-order valence-electron chi connectivity index (χ3n) is 2.07. The molecule has 0 fully saturated rings. The molecule has 0 N–H and O–H groups in total. The molecule has 74 valence electrons. The molecule has 0 saturated heterocycles. The van der Waals surface area contributed by atoms with Gasteiger partial charge in [0.05, 0.1) is 11.9 Å². The van der Waals surface area contributed by atoms with E-state index in [0.29, 0.717) is 5.92 Å². The van der Waals surface area contributed by atoms with Gasteiger partial charge in [-0.15, -0.1) is 0 Å². The zero-order valence-electron chi connectivity index (χ0n) is 8.59. The molecule has 3 heteroatoms. The van der Waals surface area contributed by atoms with Crippen LogP contribution >= 0.6 is 0 Å². The fourth-order valence-corrected chi connectivity index (χ4v) is 1.47. The summed E-state index contributed by atoms with van der Waals surface area (Å²) >= 11 is 0. The molecule has 0 radical (unpaired) electrons. The molecule has 2 heterocycles. The zero-order chi connectivity index (χ0) is 9.97. The minimum absolute atomic E-state index is 0.632. The van der Waals surface area contributed by atoms with Gasteiger partial charge < -0.3 is 4.57 Å². The lowest BCUT2D eigenvalue weighted by Crippen LogP contribution is -2.04. The van der Waals surface area contributed by atoms with E-state index in [0.717, 1.165) is 12.2 Å². The standard InChI is InChI=1S/C11H15N3/c1-10(2)8-14-9-11(7-12-14)13-5-3-4-6-13/h3-7,9-10H,8H2,1-2H3. The van der Waals surface area contributed by atoms with E-state index in [1.165, 1.54) is 0 Å². The van der Waals surface area contributed by atoms with E-state index in [9.17, 15) is 0 Å². The summed E-state index contributed by atoms with van der Waals surface area (Å²) in [7, 11) is 0. The Morgan fingerprint density at radius 3 is 2.64 bits per heavy atom. The van der Waals surface area contributed by atoms with Crippen LogP contribution in [0.25, 0.3) is 5.69 Å². The van der Waals surface area contributed by atoms with Crippen LogP contribution in [0.3, 0.4) is 0 Å². The molecule has 3 nitrogen and oxygen atoms in total. The van der Waals surface area contributed by atoms with Crippen LogP contribution in [0.2, 0.25) is 0 Å². The Bertz CT molecular complexity index is 384. The van der Waals surface area contributed by atoms with Crippen LogP contribution in [-0.2, 0) is 6.54 Å². The van der Waals surface area contributed by atoms with Crippen molar-refractivity contribution in [2.24, 2.45) is 5.92 Å². The SMILES string of the molecule is CC(C)Cn1cc(-n2cccc2)cn1. The van der Waals surface area contributed by atoms with Crippen LogP contribution in [0, 0.1) is 5.92 Å². The van der Waals surface area contributed by atoms with Crippen molar-refractivity contribution >= 4 is 0 Å². The summed E-state index contributed by atoms with van der Waals surface area (Å²) in [5.41, 5.74) is 1.12. The number of aromatic nitrogens is 3. The number of nitrogens with zero attached hydrogens (tertiary/aromatic N) is 3. The summed E-state index contributed by atoms with van der Waals surface area (Å²) in [5, 5.41) is 4.31. The molecule has 0 aliphatic rings. The van der Waals surface area contributed by atoms with E-state index >= 15 is 0 Å². The van der Waals surface area contributed by atoms with Gasteiger partial charge in [0.15, 0.2) is 0 Å². The molecule has 2 aromatic rings. The van der Waals surface area contributed by atoms with Crippen LogP contribution in [0.1, 0.15) is 13.8 Å². The second-order valence-corrected chi connectivity index (χ2v) is 3.90. The Hall–Kier alpha value is -1.51. The first-order valence-corrected chi connectivity index (χ1v) is 4.91. The van der Waals surface area contributed by atoms with E-state index in [2.05, 4.69) is 29.7 Å². The first kappa shape index (κ1) is 9.06. The van der Waals surface area contributed by atoms with Crippen LogP contribution in [-0.4, -0.2) is 14.3 Å². The highest BCUT2D eigenvalue weighted by Gasteiger charge is 2.01. The molecule has 0 bridgehead atoms. The van der Waals surface area contributed by atoms with Gasteiger partial charge in [-0.1, -0.05) is 13.8 Å². The van der Waals surface area contributed by atoms with Crippen molar-refractivity contribution in [3.05, 3.63) is 36.9 Å². The first-order chi connectivity index (χ1) is 6.75. The third-order valence-corrected chi connectivity index (χ3v) is 2.07. The Morgan fingerprint density at radius 1 is 1.29 bits per heavy atom. The van der Waals surface area contributed by atoms with Gasteiger partial charge in [0.25, 0.3) is 0 Å². The number of hydrogen-bond acceptors (Lipinski definition) is 1. The quantitative estimate of drug-likeness (QED) is 0.726. The van der Waals surface area contributed by atoms with Crippen molar-refractivity contribution in [1.82, 2.24) is 14.3 Å². The predicted molar refractivity (Wildman–Crippen MR) is 56.4 cm³/mol. The lowest BCUT2D eigenvalue weighted by molar-refractivity contribution is 0.483. The second-order valence-electron chi connectivity index (χ2n) is 3.90. The predicted octanol–water partition coefficient (Wildman–Crippen LogP) is 2.33. The number of rotatable bonds is 3. The van der Waals surface area contributed by atoms with E-state index < -0.39 is 0 Å². The van der Waals surface area contributed by atoms with E-state index in [1.54, 1.807) is 0 Å². The van der Waals surface area contributed by atoms with E-state index in [1.807, 2.05) is 35.4 Å². The maximum absolute atomic E-state index is 4.31. The Morgan fingerprint density at radius 2 is 2.00 bits per heavy atom. The van der Waals surface area contributed by atoms with E-state index in [-0.39, 0.29) is 0 Å². The maximum Gasteiger partial charge on any atom is 0.0833 e. The van der Waals surface area contributed by atoms with Crippen molar-refractivity contribution in [2.45, 2.75) is 20.4 Å². The molecule has 0 saturated carbocycles. The summed E-state index contributed by atoms with van der Waals surface area (Å²) in [6, 6.07) is 4.03. The van der Waals surface area contributed by atoms with Crippen molar-refractivity contribution in [1.29, 1.82) is 0 Å². The fourth-order valence-electron chi connectivity index (χ4n) is 1.47. The van der Waals surface area contributed by atoms with Crippen molar-refractivity contribution in [2.75, 3.05) is 0 Å². The fraction of sp³-hybridized carbons (Fsp3) is 0.364. The molecule has 0 aliphatic heterocycles. The van der Waals surface area contributed by atoms with Crippen LogP contribution in [0.5, 0.6) is 0 Å². The Balaban J connectivity index is 2.18. The van der Waals surface area contributed by atoms with Gasteiger partial charge >= 0.3 is 0 Å². The molecule has 2 rings (SSSR count). The van der Waals surface area contributed by atoms with Crippen LogP contribution < -0.4 is 0 Å². The molecular formula is C11H15N3. The molecule has 0 unspecified atom stereocenters. The zero-order valence-corrected chi connectivity index (χ0v) is 8.59. The normalized spacial score (nSPS) is 11.1.